The Bertz CT molecular complexity index is 1210. The molecule has 1 aromatic heterocycles. The van der Waals surface area contributed by atoms with Crippen LogP contribution in [0.15, 0.2) is 59.1 Å². The van der Waals surface area contributed by atoms with Gasteiger partial charge in [-0.15, -0.1) is 11.3 Å². The molecular weight excluding hydrogens is 472 g/mol. The molecule has 0 aliphatic rings. The van der Waals surface area contributed by atoms with Crippen molar-refractivity contribution >= 4 is 60.7 Å². The van der Waals surface area contributed by atoms with Crippen LogP contribution in [0.5, 0.6) is 5.75 Å². The van der Waals surface area contributed by atoms with E-state index in [0.29, 0.717) is 22.0 Å². The number of hydrogen-bond acceptors (Lipinski definition) is 4. The van der Waals surface area contributed by atoms with Gasteiger partial charge in [0.15, 0.2) is 0 Å². The smallest absolute Gasteiger partial charge is 0.259 e. The zero-order valence-corrected chi connectivity index (χ0v) is 18.8. The fourth-order valence-electron chi connectivity index (χ4n) is 3.12. The van der Waals surface area contributed by atoms with Crippen LogP contribution in [0.2, 0.25) is 5.02 Å². The normalized spacial score (nSPS) is 10.9. The number of carbonyl (C=O) groups excluding carboxylic acids is 1. The predicted molar refractivity (Wildman–Crippen MR) is 123 cm³/mol. The van der Waals surface area contributed by atoms with E-state index >= 15 is 0 Å². The van der Waals surface area contributed by atoms with Crippen molar-refractivity contribution in [1.82, 2.24) is 4.98 Å². The van der Waals surface area contributed by atoms with Crippen LogP contribution < -0.4 is 10.1 Å². The van der Waals surface area contributed by atoms with E-state index in [4.69, 9.17) is 16.3 Å². The zero-order valence-electron chi connectivity index (χ0n) is 15.6. The minimum atomic E-state index is -0.268. The first-order valence-electron chi connectivity index (χ1n) is 8.77. The summed E-state index contributed by atoms with van der Waals surface area (Å²) in [6.07, 6.45) is 0. The number of aryl methyl sites for hydroxylation is 1. The highest BCUT2D eigenvalue weighted by Crippen LogP contribution is 2.36. The van der Waals surface area contributed by atoms with E-state index in [0.717, 1.165) is 30.8 Å². The molecule has 0 spiro atoms. The van der Waals surface area contributed by atoms with Gasteiger partial charge in [0.2, 0.25) is 0 Å². The molecule has 0 saturated heterocycles. The highest BCUT2D eigenvalue weighted by Gasteiger charge is 2.17. The van der Waals surface area contributed by atoms with E-state index in [1.165, 1.54) is 0 Å². The van der Waals surface area contributed by atoms with Crippen molar-refractivity contribution in [2.75, 3.05) is 12.4 Å². The fraction of sp³-hybridized carbons (Fsp3) is 0.0909. The van der Waals surface area contributed by atoms with Crippen LogP contribution in [0.1, 0.15) is 15.9 Å². The first-order valence-corrected chi connectivity index (χ1v) is 10.8. The minimum absolute atomic E-state index is 0.268. The second-order valence-corrected chi connectivity index (χ2v) is 8.79. The summed E-state index contributed by atoms with van der Waals surface area (Å²) in [5.41, 5.74) is 3.70. The Balaban J connectivity index is 1.63. The monoisotopic (exact) mass is 486 g/mol. The molecule has 146 valence electrons. The Labute approximate surface area is 185 Å². The largest absolute Gasteiger partial charge is 0.496 e. The molecule has 0 saturated carbocycles. The summed E-state index contributed by atoms with van der Waals surface area (Å²) in [5.74, 6) is 0.276. The number of halogens is 2. The van der Waals surface area contributed by atoms with Crippen molar-refractivity contribution in [2.24, 2.45) is 0 Å². The molecule has 1 N–H and O–H groups in total. The van der Waals surface area contributed by atoms with E-state index in [2.05, 4.69) is 26.2 Å². The third kappa shape index (κ3) is 4.01. The Morgan fingerprint density at radius 1 is 1.17 bits per heavy atom. The van der Waals surface area contributed by atoms with E-state index in [9.17, 15) is 4.79 Å². The van der Waals surface area contributed by atoms with Crippen LogP contribution in [0, 0.1) is 6.92 Å². The highest BCUT2D eigenvalue weighted by atomic mass is 79.9. The molecule has 0 bridgehead atoms. The molecule has 3 aromatic carbocycles. The van der Waals surface area contributed by atoms with Crippen LogP contribution in [0.25, 0.3) is 20.8 Å². The number of thiazole rings is 1. The topological polar surface area (TPSA) is 51.2 Å². The lowest BCUT2D eigenvalue weighted by Gasteiger charge is -2.13. The van der Waals surface area contributed by atoms with Crippen molar-refractivity contribution in [3.05, 3.63) is 75.2 Å². The van der Waals surface area contributed by atoms with Crippen molar-refractivity contribution in [3.63, 3.8) is 0 Å². The van der Waals surface area contributed by atoms with E-state index in [1.54, 1.807) is 30.6 Å². The van der Waals surface area contributed by atoms with Crippen molar-refractivity contribution < 1.29 is 9.53 Å². The van der Waals surface area contributed by atoms with Crippen LogP contribution in [-0.4, -0.2) is 18.0 Å². The number of ether oxygens (including phenoxy) is 1. The number of methoxy groups -OCH3 is 1. The number of fused-ring (bicyclic) bond motifs is 1. The van der Waals surface area contributed by atoms with Crippen molar-refractivity contribution in [3.8, 4) is 16.3 Å². The maximum atomic E-state index is 12.8. The first-order chi connectivity index (χ1) is 14.0. The number of nitrogens with one attached hydrogen (secondary N) is 1. The van der Waals surface area contributed by atoms with Crippen molar-refractivity contribution in [2.45, 2.75) is 6.92 Å². The molecule has 0 radical (unpaired) electrons. The fourth-order valence-corrected chi connectivity index (χ4v) is 5.03. The summed E-state index contributed by atoms with van der Waals surface area (Å²) in [6, 6.07) is 17.0. The molecule has 0 atom stereocenters. The summed E-state index contributed by atoms with van der Waals surface area (Å²) >= 11 is 11.5. The molecule has 4 rings (SSSR count). The Morgan fingerprint density at radius 2 is 1.97 bits per heavy atom. The number of nitrogens with zero attached hydrogens (tertiary/aromatic N) is 1. The van der Waals surface area contributed by atoms with Crippen LogP contribution in [0.3, 0.4) is 0 Å². The summed E-state index contributed by atoms with van der Waals surface area (Å²) in [7, 11) is 1.55. The first kappa shape index (κ1) is 19.9. The number of anilines is 1. The SMILES string of the molecule is COc1c(C)cc(Br)cc1C(=O)Nc1ccc(-c2nc3ccccc3s2)c(Cl)c1. The molecule has 0 aliphatic heterocycles. The van der Waals surface area contributed by atoms with E-state index in [1.807, 2.05) is 49.4 Å². The van der Waals surface area contributed by atoms with Gasteiger partial charge in [0.05, 0.1) is 27.9 Å². The molecule has 4 nitrogen and oxygen atoms in total. The third-order valence-electron chi connectivity index (χ3n) is 4.44. The van der Waals surface area contributed by atoms with Crippen molar-refractivity contribution in [1.29, 1.82) is 0 Å². The summed E-state index contributed by atoms with van der Waals surface area (Å²) in [5, 5.41) is 4.27. The molecule has 0 fully saturated rings. The van der Waals surface area contributed by atoms with Gasteiger partial charge in [-0.3, -0.25) is 4.79 Å². The Kier molecular flexibility index (Phi) is 5.58. The molecule has 4 aromatic rings. The van der Waals surface area contributed by atoms with Crippen LogP contribution in [0.4, 0.5) is 5.69 Å². The maximum Gasteiger partial charge on any atom is 0.259 e. The average molecular weight is 488 g/mol. The lowest BCUT2D eigenvalue weighted by atomic mass is 10.1. The summed E-state index contributed by atoms with van der Waals surface area (Å²) in [6.45, 7) is 1.89. The number of rotatable bonds is 4. The maximum absolute atomic E-state index is 12.8. The molecule has 0 aliphatic carbocycles. The molecule has 1 amide bonds. The van der Waals surface area contributed by atoms with Crippen LogP contribution >= 0.6 is 38.9 Å². The second-order valence-electron chi connectivity index (χ2n) is 6.44. The van der Waals surface area contributed by atoms with E-state index in [-0.39, 0.29) is 5.91 Å². The van der Waals surface area contributed by atoms with Gasteiger partial charge in [-0.05, 0) is 55.0 Å². The quantitative estimate of drug-likeness (QED) is 0.339. The van der Waals surface area contributed by atoms with Gasteiger partial charge in [-0.25, -0.2) is 4.98 Å². The predicted octanol–water partition coefficient (Wildman–Crippen LogP) is 6.95. The van der Waals surface area contributed by atoms with Gasteiger partial charge in [0.25, 0.3) is 5.91 Å². The molecule has 7 heteroatoms. The van der Waals surface area contributed by atoms with Crippen LogP contribution in [-0.2, 0) is 0 Å². The Hall–Kier alpha value is -2.41. The van der Waals surface area contributed by atoms with Gasteiger partial charge < -0.3 is 10.1 Å². The number of para-hydroxylation sites is 1. The van der Waals surface area contributed by atoms with Gasteiger partial charge in [0.1, 0.15) is 10.8 Å². The average Bonchev–Trinajstić information content (AvgIpc) is 3.11. The number of aromatic nitrogens is 1. The number of benzene rings is 3. The summed E-state index contributed by atoms with van der Waals surface area (Å²) < 4.78 is 7.32. The lowest BCUT2D eigenvalue weighted by molar-refractivity contribution is 0.102. The molecule has 1 heterocycles. The van der Waals surface area contributed by atoms with Gasteiger partial charge >= 0.3 is 0 Å². The highest BCUT2D eigenvalue weighted by molar-refractivity contribution is 9.10. The lowest BCUT2D eigenvalue weighted by Crippen LogP contribution is -2.14. The molecular formula is C22H16BrClN2O2S. The third-order valence-corrected chi connectivity index (χ3v) is 6.28. The number of amides is 1. The molecule has 0 unspecified atom stereocenters. The summed E-state index contributed by atoms with van der Waals surface area (Å²) in [4.78, 5) is 17.5. The zero-order chi connectivity index (χ0) is 20.5. The molecule has 29 heavy (non-hydrogen) atoms. The van der Waals surface area contributed by atoms with Gasteiger partial charge in [-0.2, -0.15) is 0 Å². The standard InChI is InChI=1S/C22H16BrClN2O2S/c1-12-9-13(23)10-16(20(12)28-2)21(27)25-14-7-8-15(17(24)11-14)22-26-18-5-3-4-6-19(18)29-22/h3-11H,1-2H3,(H,25,27). The second kappa shape index (κ2) is 8.14. The minimum Gasteiger partial charge on any atom is -0.496 e. The number of hydrogen-bond donors (Lipinski definition) is 1. The number of carbonyl (C=O) groups is 1. The van der Waals surface area contributed by atoms with E-state index < -0.39 is 0 Å². The Morgan fingerprint density at radius 3 is 2.69 bits per heavy atom. The van der Waals surface area contributed by atoms with Gasteiger partial charge in [-0.1, -0.05) is 39.7 Å². The van der Waals surface area contributed by atoms with Gasteiger partial charge in [0, 0.05) is 15.7 Å².